The van der Waals surface area contributed by atoms with E-state index in [2.05, 4.69) is 53.9 Å². The second-order valence-corrected chi connectivity index (χ2v) is 8.37. The Hall–Kier alpha value is -1.77. The van der Waals surface area contributed by atoms with Crippen molar-refractivity contribution >= 4 is 46.7 Å². The normalized spacial score (nSPS) is 15.7. The van der Waals surface area contributed by atoms with E-state index in [1.807, 2.05) is 14.1 Å². The molecule has 166 valence electrons. The minimum absolute atomic E-state index is 0. The van der Waals surface area contributed by atoms with Crippen molar-refractivity contribution in [2.75, 3.05) is 33.7 Å². The first-order valence-corrected chi connectivity index (χ1v) is 10.8. The second-order valence-electron chi connectivity index (χ2n) is 8.37. The number of aliphatic imine (C=N–C) groups is 1. The van der Waals surface area contributed by atoms with Crippen molar-refractivity contribution in [3.8, 4) is 0 Å². The minimum Gasteiger partial charge on any atom is -0.361 e. The number of hydrogen-bond donors (Lipinski definition) is 3. The van der Waals surface area contributed by atoms with Crippen LogP contribution in [0.25, 0.3) is 10.9 Å². The Labute approximate surface area is 197 Å². The molecule has 1 aliphatic rings. The lowest BCUT2D eigenvalue weighted by atomic mass is 9.85. The molecule has 0 radical (unpaired) electrons. The van der Waals surface area contributed by atoms with Gasteiger partial charge in [-0.15, -0.1) is 24.0 Å². The zero-order chi connectivity index (χ0) is 20.9. The van der Waals surface area contributed by atoms with E-state index in [0.29, 0.717) is 6.54 Å². The van der Waals surface area contributed by atoms with Gasteiger partial charge in [0.1, 0.15) is 0 Å². The predicted molar refractivity (Wildman–Crippen MR) is 136 cm³/mol. The molecule has 2 aromatic rings. The maximum atomic E-state index is 12.8. The summed E-state index contributed by atoms with van der Waals surface area (Å²) in [4.78, 5) is 22.7. The first-order chi connectivity index (χ1) is 14.0. The van der Waals surface area contributed by atoms with E-state index in [9.17, 15) is 4.79 Å². The van der Waals surface area contributed by atoms with Crippen LogP contribution in [-0.2, 0) is 11.2 Å². The Morgan fingerprint density at radius 1 is 1.23 bits per heavy atom. The summed E-state index contributed by atoms with van der Waals surface area (Å²) in [5.74, 6) is 1.01. The van der Waals surface area contributed by atoms with Crippen molar-refractivity contribution in [3.05, 3.63) is 35.5 Å². The molecule has 1 saturated carbocycles. The monoisotopic (exact) mass is 525 g/mol. The second kappa shape index (κ2) is 11.0. The number of aryl methyl sites for hydroxylation is 1. The van der Waals surface area contributed by atoms with Crippen LogP contribution in [0.5, 0.6) is 0 Å². The molecule has 0 spiro atoms. The van der Waals surface area contributed by atoms with Crippen LogP contribution >= 0.6 is 24.0 Å². The topological polar surface area (TPSA) is 72.5 Å². The van der Waals surface area contributed by atoms with Crippen molar-refractivity contribution < 1.29 is 4.79 Å². The number of benzene rings is 1. The summed E-state index contributed by atoms with van der Waals surface area (Å²) in [5.41, 5.74) is 3.46. The molecule has 3 rings (SSSR count). The Morgan fingerprint density at radius 3 is 2.63 bits per heavy atom. The average molecular weight is 525 g/mol. The number of amides is 1. The molecule has 1 amide bonds. The van der Waals surface area contributed by atoms with E-state index >= 15 is 0 Å². The molecule has 6 nitrogen and oxygen atoms in total. The van der Waals surface area contributed by atoms with Crippen LogP contribution in [0.2, 0.25) is 0 Å². The Balaban J connectivity index is 0.00000320. The van der Waals surface area contributed by atoms with Gasteiger partial charge in [0.2, 0.25) is 5.91 Å². The third kappa shape index (κ3) is 5.47. The fourth-order valence-corrected chi connectivity index (χ4v) is 4.50. The zero-order valence-electron chi connectivity index (χ0n) is 18.7. The molecule has 1 aliphatic carbocycles. The van der Waals surface area contributed by atoms with Gasteiger partial charge in [-0.1, -0.05) is 25.0 Å². The molecule has 1 fully saturated rings. The first kappa shape index (κ1) is 24.5. The number of H-pyrrole nitrogens is 1. The number of guanidine groups is 1. The number of aromatic nitrogens is 1. The highest BCUT2D eigenvalue weighted by Gasteiger charge is 2.42. The van der Waals surface area contributed by atoms with E-state index in [4.69, 9.17) is 4.99 Å². The van der Waals surface area contributed by atoms with Crippen molar-refractivity contribution in [1.82, 2.24) is 20.5 Å². The van der Waals surface area contributed by atoms with Crippen LogP contribution in [0.3, 0.4) is 0 Å². The van der Waals surface area contributed by atoms with Gasteiger partial charge in [0.15, 0.2) is 5.96 Å². The van der Waals surface area contributed by atoms with E-state index in [1.54, 1.807) is 4.90 Å². The van der Waals surface area contributed by atoms with E-state index < -0.39 is 0 Å². The number of nitrogens with one attached hydrogen (secondary N) is 3. The summed E-state index contributed by atoms with van der Waals surface area (Å²) < 4.78 is 0. The maximum Gasteiger partial charge on any atom is 0.230 e. The molecule has 0 atom stereocenters. The van der Waals surface area contributed by atoms with Gasteiger partial charge < -0.3 is 20.5 Å². The summed E-state index contributed by atoms with van der Waals surface area (Å²) in [5, 5.41) is 8.10. The molecule has 0 bridgehead atoms. The zero-order valence-corrected chi connectivity index (χ0v) is 21.0. The van der Waals surface area contributed by atoms with Gasteiger partial charge in [0, 0.05) is 44.3 Å². The number of halogens is 1. The Morgan fingerprint density at radius 2 is 1.97 bits per heavy atom. The van der Waals surface area contributed by atoms with Crippen molar-refractivity contribution in [3.63, 3.8) is 0 Å². The summed E-state index contributed by atoms with van der Waals surface area (Å²) in [6.45, 7) is 6.36. The summed E-state index contributed by atoms with van der Waals surface area (Å²) >= 11 is 0. The molecular weight excluding hydrogens is 489 g/mol. The number of hydrogen-bond acceptors (Lipinski definition) is 2. The van der Waals surface area contributed by atoms with Crippen molar-refractivity contribution in [2.24, 2.45) is 10.4 Å². The quantitative estimate of drug-likeness (QED) is 0.292. The highest BCUT2D eigenvalue weighted by Crippen LogP contribution is 2.39. The fourth-order valence-electron chi connectivity index (χ4n) is 4.50. The van der Waals surface area contributed by atoms with Crippen LogP contribution in [0.15, 0.2) is 29.4 Å². The lowest BCUT2D eigenvalue weighted by Gasteiger charge is -2.29. The first-order valence-electron chi connectivity index (χ1n) is 10.8. The molecule has 1 aromatic heterocycles. The fraction of sp³-hybridized carbons (Fsp3) is 0.565. The van der Waals surface area contributed by atoms with Gasteiger partial charge in [0.05, 0.1) is 12.0 Å². The molecule has 1 aromatic carbocycles. The van der Waals surface area contributed by atoms with Gasteiger partial charge in [-0.3, -0.25) is 9.79 Å². The standard InChI is InChI=1S/C23H35N5O.HI/c1-5-24-22(27-16-23(12-6-7-13-23)21(29)28(3)4)25-14-11-18-15-26-19-10-8-9-17(2)20(18)19;/h8-10,15,26H,5-7,11-14,16H2,1-4H3,(H2,24,25,27);1H. The molecule has 0 unspecified atom stereocenters. The number of fused-ring (bicyclic) bond motifs is 1. The van der Waals surface area contributed by atoms with E-state index in [-0.39, 0.29) is 35.3 Å². The number of rotatable bonds is 7. The third-order valence-corrected chi connectivity index (χ3v) is 5.99. The summed E-state index contributed by atoms with van der Waals surface area (Å²) in [6, 6.07) is 6.36. The summed E-state index contributed by atoms with van der Waals surface area (Å²) in [6.07, 6.45) is 7.10. The number of carbonyl (C=O) groups is 1. The minimum atomic E-state index is -0.334. The third-order valence-electron chi connectivity index (χ3n) is 5.99. The Bertz CT molecular complexity index is 868. The van der Waals surface area contributed by atoms with Gasteiger partial charge in [-0.2, -0.15) is 0 Å². The lowest BCUT2D eigenvalue weighted by molar-refractivity contribution is -0.138. The summed E-state index contributed by atoms with van der Waals surface area (Å²) in [7, 11) is 3.69. The molecule has 30 heavy (non-hydrogen) atoms. The van der Waals surface area contributed by atoms with Gasteiger partial charge in [-0.25, -0.2) is 0 Å². The highest BCUT2D eigenvalue weighted by molar-refractivity contribution is 14.0. The van der Waals surface area contributed by atoms with Gasteiger partial charge >= 0.3 is 0 Å². The average Bonchev–Trinajstić information content (AvgIpc) is 3.34. The number of nitrogens with zero attached hydrogens (tertiary/aromatic N) is 2. The Kier molecular flexibility index (Phi) is 9.00. The van der Waals surface area contributed by atoms with Gasteiger partial charge in [0.25, 0.3) is 0 Å². The largest absolute Gasteiger partial charge is 0.361 e. The maximum absolute atomic E-state index is 12.8. The van der Waals surface area contributed by atoms with Crippen LogP contribution in [-0.4, -0.2) is 55.5 Å². The molecule has 7 heteroatoms. The van der Waals surface area contributed by atoms with Crippen molar-refractivity contribution in [2.45, 2.75) is 46.0 Å². The van der Waals surface area contributed by atoms with Crippen LogP contribution in [0.1, 0.15) is 43.7 Å². The molecule has 1 heterocycles. The number of carbonyl (C=O) groups excluding carboxylic acids is 1. The van der Waals surface area contributed by atoms with Gasteiger partial charge in [-0.05, 0) is 50.3 Å². The molecule has 0 saturated heterocycles. The lowest BCUT2D eigenvalue weighted by Crippen LogP contribution is -2.43. The van der Waals surface area contributed by atoms with Crippen molar-refractivity contribution in [1.29, 1.82) is 0 Å². The molecular formula is C23H36IN5O. The van der Waals surface area contributed by atoms with E-state index in [0.717, 1.165) is 51.2 Å². The predicted octanol–water partition coefficient (Wildman–Crippen LogP) is 3.84. The highest BCUT2D eigenvalue weighted by atomic mass is 127. The molecule has 3 N–H and O–H groups in total. The van der Waals surface area contributed by atoms with Crippen LogP contribution in [0, 0.1) is 12.3 Å². The van der Waals surface area contributed by atoms with Crippen LogP contribution < -0.4 is 10.6 Å². The SMILES string of the molecule is CCNC(=NCC1(C(=O)N(C)C)CCCC1)NCCc1c[nH]c2cccc(C)c12.I. The van der Waals surface area contributed by atoms with E-state index in [1.165, 1.54) is 22.0 Å². The number of aromatic amines is 1. The smallest absolute Gasteiger partial charge is 0.230 e. The molecule has 0 aliphatic heterocycles. The van der Waals surface area contributed by atoms with Crippen LogP contribution in [0.4, 0.5) is 0 Å².